The van der Waals surface area contributed by atoms with E-state index in [-0.39, 0.29) is 11.9 Å². The fourth-order valence-corrected chi connectivity index (χ4v) is 2.76. The van der Waals surface area contributed by atoms with Gasteiger partial charge in [0.15, 0.2) is 11.6 Å². The highest BCUT2D eigenvalue weighted by Gasteiger charge is 2.18. The van der Waals surface area contributed by atoms with Gasteiger partial charge in [0.25, 0.3) is 0 Å². The van der Waals surface area contributed by atoms with E-state index in [0.29, 0.717) is 12.2 Å². The Morgan fingerprint density at radius 1 is 1.42 bits per heavy atom. The van der Waals surface area contributed by atoms with E-state index in [2.05, 4.69) is 15.6 Å². The van der Waals surface area contributed by atoms with Gasteiger partial charge in [-0.15, -0.1) is 0 Å². The fraction of sp³-hybridized carbons (Fsp3) is 0.412. The lowest BCUT2D eigenvalue weighted by molar-refractivity contribution is 0.201. The molecule has 128 valence electrons. The molecule has 2 amide bonds. The van der Waals surface area contributed by atoms with Crippen LogP contribution in [0.5, 0.6) is 5.75 Å². The molecule has 2 aromatic rings. The number of hydrogen-bond acceptors (Lipinski definition) is 3. The first kappa shape index (κ1) is 16.3. The van der Waals surface area contributed by atoms with Gasteiger partial charge >= 0.3 is 6.03 Å². The predicted molar refractivity (Wildman–Crippen MR) is 88.4 cm³/mol. The van der Waals surface area contributed by atoms with Crippen molar-refractivity contribution < 1.29 is 13.9 Å². The van der Waals surface area contributed by atoms with Crippen molar-refractivity contribution in [3.63, 3.8) is 0 Å². The predicted octanol–water partition coefficient (Wildman–Crippen LogP) is 3.20. The number of urea groups is 1. The molecule has 7 heteroatoms. The largest absolute Gasteiger partial charge is 0.487 e. The van der Waals surface area contributed by atoms with Crippen LogP contribution in [0.3, 0.4) is 0 Å². The van der Waals surface area contributed by atoms with Crippen LogP contribution < -0.4 is 15.4 Å². The molecular formula is C17H21FN4O2. The van der Waals surface area contributed by atoms with Crippen LogP contribution in [0.1, 0.15) is 31.5 Å². The van der Waals surface area contributed by atoms with Gasteiger partial charge in [-0.1, -0.05) is 0 Å². The molecule has 24 heavy (non-hydrogen) atoms. The number of benzene rings is 1. The maximum Gasteiger partial charge on any atom is 0.319 e. The Hall–Kier alpha value is -2.57. The van der Waals surface area contributed by atoms with E-state index in [9.17, 15) is 9.18 Å². The minimum absolute atomic E-state index is 0.0967. The SMILES string of the molecule is Cn1ccnc1CNC(=O)Nc1ccc(OC2CCCC2)c(F)c1. The van der Waals surface area contributed by atoms with E-state index < -0.39 is 11.8 Å². The highest BCUT2D eigenvalue weighted by Crippen LogP contribution is 2.27. The Bertz CT molecular complexity index is 710. The van der Waals surface area contributed by atoms with Crippen molar-refractivity contribution in [1.29, 1.82) is 0 Å². The molecule has 1 heterocycles. The number of carbonyl (C=O) groups is 1. The average molecular weight is 332 g/mol. The zero-order valence-corrected chi connectivity index (χ0v) is 13.6. The summed E-state index contributed by atoms with van der Waals surface area (Å²) in [5.74, 6) is 0.501. The van der Waals surface area contributed by atoms with Gasteiger partial charge in [0.1, 0.15) is 5.82 Å². The monoisotopic (exact) mass is 332 g/mol. The lowest BCUT2D eigenvalue weighted by Crippen LogP contribution is -2.29. The number of aromatic nitrogens is 2. The van der Waals surface area contributed by atoms with Crippen LogP contribution >= 0.6 is 0 Å². The van der Waals surface area contributed by atoms with Crippen molar-refractivity contribution >= 4 is 11.7 Å². The van der Waals surface area contributed by atoms with Crippen molar-refractivity contribution in [1.82, 2.24) is 14.9 Å². The molecule has 6 nitrogen and oxygen atoms in total. The Labute approximate surface area is 140 Å². The maximum absolute atomic E-state index is 14.1. The molecular weight excluding hydrogens is 311 g/mol. The third kappa shape index (κ3) is 4.04. The molecule has 1 aromatic heterocycles. The molecule has 0 bridgehead atoms. The van der Waals surface area contributed by atoms with Crippen LogP contribution in [-0.4, -0.2) is 21.7 Å². The van der Waals surface area contributed by atoms with Crippen LogP contribution in [0, 0.1) is 5.82 Å². The Balaban J connectivity index is 1.53. The minimum Gasteiger partial charge on any atom is -0.487 e. The number of imidazole rings is 1. The molecule has 3 rings (SSSR count). The molecule has 1 aliphatic carbocycles. The molecule has 1 saturated carbocycles. The summed E-state index contributed by atoms with van der Waals surface area (Å²) in [4.78, 5) is 16.0. The van der Waals surface area contributed by atoms with Gasteiger partial charge in [-0.2, -0.15) is 0 Å². The topological polar surface area (TPSA) is 68.2 Å². The number of hydrogen-bond donors (Lipinski definition) is 2. The normalized spacial score (nSPS) is 14.6. The number of halogens is 1. The zero-order chi connectivity index (χ0) is 16.9. The van der Waals surface area contributed by atoms with Crippen molar-refractivity contribution in [2.24, 2.45) is 7.05 Å². The van der Waals surface area contributed by atoms with Crippen molar-refractivity contribution in [3.05, 3.63) is 42.2 Å². The van der Waals surface area contributed by atoms with Gasteiger partial charge in [0.2, 0.25) is 0 Å². The number of aryl methyl sites for hydroxylation is 1. The van der Waals surface area contributed by atoms with Crippen LogP contribution in [0.4, 0.5) is 14.9 Å². The molecule has 1 aliphatic rings. The number of amides is 2. The maximum atomic E-state index is 14.1. The number of nitrogens with one attached hydrogen (secondary N) is 2. The lowest BCUT2D eigenvalue weighted by Gasteiger charge is -2.14. The summed E-state index contributed by atoms with van der Waals surface area (Å²) in [5.41, 5.74) is 0.378. The van der Waals surface area contributed by atoms with Gasteiger partial charge in [-0.25, -0.2) is 14.2 Å². The summed E-state index contributed by atoms with van der Waals surface area (Å²) in [6.45, 7) is 0.292. The number of rotatable bonds is 5. The van der Waals surface area contributed by atoms with Gasteiger partial charge in [-0.3, -0.25) is 0 Å². The molecule has 0 atom stereocenters. The molecule has 0 unspecified atom stereocenters. The van der Waals surface area contributed by atoms with Crippen LogP contribution in [0.15, 0.2) is 30.6 Å². The van der Waals surface area contributed by atoms with Crippen LogP contribution in [0.25, 0.3) is 0 Å². The second-order valence-electron chi connectivity index (χ2n) is 5.93. The molecule has 1 aromatic carbocycles. The molecule has 2 N–H and O–H groups in total. The van der Waals surface area contributed by atoms with E-state index in [0.717, 1.165) is 31.5 Å². The lowest BCUT2D eigenvalue weighted by atomic mass is 10.2. The van der Waals surface area contributed by atoms with Gasteiger partial charge < -0.3 is 19.9 Å². The zero-order valence-electron chi connectivity index (χ0n) is 13.6. The third-order valence-electron chi connectivity index (χ3n) is 4.11. The van der Waals surface area contributed by atoms with E-state index >= 15 is 0 Å². The molecule has 0 radical (unpaired) electrons. The highest BCUT2D eigenvalue weighted by atomic mass is 19.1. The van der Waals surface area contributed by atoms with E-state index in [1.807, 2.05) is 11.6 Å². The minimum atomic E-state index is -0.469. The summed E-state index contributed by atoms with van der Waals surface area (Å²) < 4.78 is 21.6. The van der Waals surface area contributed by atoms with Crippen molar-refractivity contribution in [2.75, 3.05) is 5.32 Å². The summed E-state index contributed by atoms with van der Waals surface area (Å²) in [6.07, 6.45) is 7.74. The number of nitrogens with zero attached hydrogens (tertiary/aromatic N) is 2. The molecule has 0 saturated heterocycles. The Morgan fingerprint density at radius 2 is 2.21 bits per heavy atom. The first-order valence-electron chi connectivity index (χ1n) is 8.09. The van der Waals surface area contributed by atoms with Crippen LogP contribution in [-0.2, 0) is 13.6 Å². The third-order valence-corrected chi connectivity index (χ3v) is 4.11. The quantitative estimate of drug-likeness (QED) is 0.883. The number of ether oxygens (including phenoxy) is 1. The van der Waals surface area contributed by atoms with E-state index in [1.54, 1.807) is 24.5 Å². The summed E-state index contributed by atoms with van der Waals surface area (Å²) in [5, 5.41) is 5.28. The highest BCUT2D eigenvalue weighted by molar-refractivity contribution is 5.89. The van der Waals surface area contributed by atoms with Crippen molar-refractivity contribution in [3.8, 4) is 5.75 Å². The molecule has 1 fully saturated rings. The fourth-order valence-electron chi connectivity index (χ4n) is 2.76. The average Bonchev–Trinajstić information content (AvgIpc) is 3.20. The van der Waals surface area contributed by atoms with Gasteiger partial charge in [0.05, 0.1) is 12.6 Å². The second kappa shape index (κ2) is 7.33. The smallest absolute Gasteiger partial charge is 0.319 e. The van der Waals surface area contributed by atoms with Crippen molar-refractivity contribution in [2.45, 2.75) is 38.3 Å². The van der Waals surface area contributed by atoms with E-state index in [1.165, 1.54) is 6.07 Å². The standard InChI is InChI=1S/C17H21FN4O2/c1-22-9-8-19-16(22)11-20-17(23)21-12-6-7-15(14(18)10-12)24-13-4-2-3-5-13/h6-10,13H,2-5,11H2,1H3,(H2,20,21,23). The first-order chi connectivity index (χ1) is 11.6. The summed E-state index contributed by atoms with van der Waals surface area (Å²) in [6, 6.07) is 4.04. The first-order valence-corrected chi connectivity index (χ1v) is 8.09. The van der Waals surface area contributed by atoms with Gasteiger partial charge in [-0.05, 0) is 37.8 Å². The van der Waals surface area contributed by atoms with Crippen LogP contribution in [0.2, 0.25) is 0 Å². The van der Waals surface area contributed by atoms with E-state index in [4.69, 9.17) is 4.74 Å². The molecule has 0 spiro atoms. The summed E-state index contributed by atoms with van der Waals surface area (Å²) >= 11 is 0. The Kier molecular flexibility index (Phi) is 4.98. The molecule has 0 aliphatic heterocycles. The number of carbonyl (C=O) groups excluding carboxylic acids is 1. The summed E-state index contributed by atoms with van der Waals surface area (Å²) in [7, 11) is 1.85. The van der Waals surface area contributed by atoms with Gasteiger partial charge in [0, 0.05) is 31.2 Å². The number of anilines is 1. The second-order valence-corrected chi connectivity index (χ2v) is 5.93. The Morgan fingerprint density at radius 3 is 2.88 bits per heavy atom.